The van der Waals surface area contributed by atoms with Crippen molar-refractivity contribution in [3.63, 3.8) is 0 Å². The zero-order chi connectivity index (χ0) is 17.3. The molecular weight excluding hydrogens is 324 g/mol. The van der Waals surface area contributed by atoms with Gasteiger partial charge >= 0.3 is 0 Å². The summed E-state index contributed by atoms with van der Waals surface area (Å²) >= 11 is 0. The molecule has 2 aliphatic heterocycles. The Morgan fingerprint density at radius 3 is 2.77 bits per heavy atom. The van der Waals surface area contributed by atoms with Gasteiger partial charge in [-0.15, -0.1) is 0 Å². The minimum Gasteiger partial charge on any atom is -0.374 e. The highest BCUT2D eigenvalue weighted by Gasteiger charge is 2.40. The molecule has 0 unspecified atom stereocenters. The van der Waals surface area contributed by atoms with E-state index in [9.17, 15) is 0 Å². The average Bonchev–Trinajstić information content (AvgIpc) is 3.26. The van der Waals surface area contributed by atoms with Crippen LogP contribution in [0, 0.1) is 0 Å². The van der Waals surface area contributed by atoms with Gasteiger partial charge in [0.1, 0.15) is 5.65 Å². The van der Waals surface area contributed by atoms with Gasteiger partial charge in [0.05, 0.1) is 24.4 Å². The summed E-state index contributed by atoms with van der Waals surface area (Å²) in [6, 6.07) is 17.4. The number of nitrogens with zero attached hydrogens (tertiary/aromatic N) is 4. The molecule has 134 valence electrons. The van der Waals surface area contributed by atoms with Crippen LogP contribution in [0.4, 0.5) is 0 Å². The van der Waals surface area contributed by atoms with Crippen molar-refractivity contribution in [2.24, 2.45) is 0 Å². The SMILES string of the molecule is c1ccc(CN2CCO[C@@H]3CN(Cc4cn5ccccc5n4)C[C@H]32)cc1. The van der Waals surface area contributed by atoms with Crippen molar-refractivity contribution < 1.29 is 4.74 Å². The molecule has 0 spiro atoms. The van der Waals surface area contributed by atoms with Crippen molar-refractivity contribution in [2.75, 3.05) is 26.2 Å². The van der Waals surface area contributed by atoms with Crippen LogP contribution >= 0.6 is 0 Å². The number of aromatic nitrogens is 2. The third-order valence-corrected chi connectivity index (χ3v) is 5.52. The first-order valence-electron chi connectivity index (χ1n) is 9.40. The van der Waals surface area contributed by atoms with Crippen molar-refractivity contribution in [3.8, 4) is 0 Å². The van der Waals surface area contributed by atoms with Crippen molar-refractivity contribution in [2.45, 2.75) is 25.2 Å². The molecule has 0 radical (unpaired) electrons. The van der Waals surface area contributed by atoms with E-state index in [-0.39, 0.29) is 0 Å². The lowest BCUT2D eigenvalue weighted by Crippen LogP contribution is -2.50. The Labute approximate surface area is 153 Å². The molecule has 2 atom stereocenters. The standard InChI is InChI=1S/C21H24N4O/c1-2-6-17(7-3-1)12-24-10-11-26-20-16-23(15-19(20)24)13-18-14-25-9-5-4-8-21(25)22-18/h1-9,14,19-20H,10-13,15-16H2/t19-,20-/m1/s1. The second-order valence-electron chi connectivity index (χ2n) is 7.33. The molecule has 2 fully saturated rings. The van der Waals surface area contributed by atoms with Gasteiger partial charge in [0.15, 0.2) is 0 Å². The predicted molar refractivity (Wildman–Crippen MR) is 101 cm³/mol. The summed E-state index contributed by atoms with van der Waals surface area (Å²) in [5.74, 6) is 0. The molecule has 5 nitrogen and oxygen atoms in total. The molecule has 0 aliphatic carbocycles. The number of morpholine rings is 1. The molecule has 2 aliphatic rings. The summed E-state index contributed by atoms with van der Waals surface area (Å²) in [4.78, 5) is 9.82. The fourth-order valence-electron chi connectivity index (χ4n) is 4.27. The minimum atomic E-state index is 0.310. The van der Waals surface area contributed by atoms with E-state index in [1.807, 2.05) is 12.1 Å². The monoisotopic (exact) mass is 348 g/mol. The fourth-order valence-corrected chi connectivity index (χ4v) is 4.27. The lowest BCUT2D eigenvalue weighted by atomic mass is 10.1. The van der Waals surface area contributed by atoms with E-state index in [2.05, 4.69) is 63.0 Å². The molecule has 0 N–H and O–H groups in total. The highest BCUT2D eigenvalue weighted by Crippen LogP contribution is 2.25. The maximum Gasteiger partial charge on any atom is 0.137 e. The molecule has 0 saturated carbocycles. The number of pyridine rings is 1. The third kappa shape index (κ3) is 3.14. The van der Waals surface area contributed by atoms with Gasteiger partial charge in [0.2, 0.25) is 0 Å². The number of ether oxygens (including phenoxy) is 1. The van der Waals surface area contributed by atoms with Gasteiger partial charge in [-0.2, -0.15) is 0 Å². The Kier molecular flexibility index (Phi) is 4.21. The van der Waals surface area contributed by atoms with E-state index in [1.165, 1.54) is 5.56 Å². The highest BCUT2D eigenvalue weighted by atomic mass is 16.5. The summed E-state index contributed by atoms with van der Waals surface area (Å²) in [5, 5.41) is 0. The molecule has 2 aromatic heterocycles. The van der Waals surface area contributed by atoms with Crippen LogP contribution in [0.5, 0.6) is 0 Å². The van der Waals surface area contributed by atoms with Gasteiger partial charge < -0.3 is 9.14 Å². The van der Waals surface area contributed by atoms with Gasteiger partial charge in [-0.3, -0.25) is 9.80 Å². The van der Waals surface area contributed by atoms with E-state index < -0.39 is 0 Å². The summed E-state index contributed by atoms with van der Waals surface area (Å²) < 4.78 is 8.18. The van der Waals surface area contributed by atoms with E-state index in [4.69, 9.17) is 9.72 Å². The van der Waals surface area contributed by atoms with E-state index in [0.717, 1.165) is 50.7 Å². The smallest absolute Gasteiger partial charge is 0.137 e. The molecule has 3 aromatic rings. The second kappa shape index (κ2) is 6.83. The third-order valence-electron chi connectivity index (χ3n) is 5.52. The zero-order valence-electron chi connectivity index (χ0n) is 14.9. The first kappa shape index (κ1) is 16.0. The topological polar surface area (TPSA) is 33.0 Å². The Bertz CT molecular complexity index is 845. The summed E-state index contributed by atoms with van der Waals surface area (Å²) in [6.07, 6.45) is 4.50. The Hall–Kier alpha value is -2.21. The molecule has 0 amide bonds. The number of imidazole rings is 1. The normalized spacial score (nSPS) is 24.2. The van der Waals surface area contributed by atoms with Gasteiger partial charge in [-0.1, -0.05) is 36.4 Å². The van der Waals surface area contributed by atoms with Crippen LogP contribution < -0.4 is 0 Å². The van der Waals surface area contributed by atoms with E-state index in [1.54, 1.807) is 0 Å². The molecule has 4 heterocycles. The lowest BCUT2D eigenvalue weighted by molar-refractivity contribution is -0.0504. The number of rotatable bonds is 4. The summed E-state index contributed by atoms with van der Waals surface area (Å²) in [6.45, 7) is 5.77. The van der Waals surface area contributed by atoms with Gasteiger partial charge in [0.25, 0.3) is 0 Å². The molecule has 2 saturated heterocycles. The molecule has 0 bridgehead atoms. The molecule has 26 heavy (non-hydrogen) atoms. The number of hydrogen-bond acceptors (Lipinski definition) is 4. The average molecular weight is 348 g/mol. The van der Waals surface area contributed by atoms with Gasteiger partial charge in [-0.25, -0.2) is 4.98 Å². The molecule has 5 heteroatoms. The fraction of sp³-hybridized carbons (Fsp3) is 0.381. The second-order valence-corrected chi connectivity index (χ2v) is 7.33. The van der Waals surface area contributed by atoms with Crippen LogP contribution in [0.15, 0.2) is 60.9 Å². The first-order chi connectivity index (χ1) is 12.8. The predicted octanol–water partition coefficient (Wildman–Crippen LogP) is 2.42. The van der Waals surface area contributed by atoms with Crippen LogP contribution in [0.25, 0.3) is 5.65 Å². The van der Waals surface area contributed by atoms with E-state index in [0.29, 0.717) is 12.1 Å². The van der Waals surface area contributed by atoms with Gasteiger partial charge in [-0.05, 0) is 17.7 Å². The zero-order valence-corrected chi connectivity index (χ0v) is 14.9. The van der Waals surface area contributed by atoms with Crippen LogP contribution in [0.3, 0.4) is 0 Å². The van der Waals surface area contributed by atoms with Crippen LogP contribution in [0.2, 0.25) is 0 Å². The number of likely N-dealkylation sites (tertiary alicyclic amines) is 1. The number of hydrogen-bond donors (Lipinski definition) is 0. The quantitative estimate of drug-likeness (QED) is 0.725. The van der Waals surface area contributed by atoms with Crippen LogP contribution in [-0.2, 0) is 17.8 Å². The summed E-state index contributed by atoms with van der Waals surface area (Å²) in [5.41, 5.74) is 3.53. The van der Waals surface area contributed by atoms with Crippen LogP contribution in [0.1, 0.15) is 11.3 Å². The van der Waals surface area contributed by atoms with Crippen molar-refractivity contribution in [3.05, 3.63) is 72.2 Å². The molecule has 5 rings (SSSR count). The van der Waals surface area contributed by atoms with Crippen LogP contribution in [-0.4, -0.2) is 57.6 Å². The van der Waals surface area contributed by atoms with Crippen molar-refractivity contribution in [1.82, 2.24) is 19.2 Å². The van der Waals surface area contributed by atoms with Gasteiger partial charge in [0, 0.05) is 45.1 Å². The highest BCUT2D eigenvalue weighted by molar-refractivity contribution is 5.39. The number of benzene rings is 1. The summed E-state index contributed by atoms with van der Waals surface area (Å²) in [7, 11) is 0. The molecule has 1 aromatic carbocycles. The maximum absolute atomic E-state index is 6.09. The first-order valence-corrected chi connectivity index (χ1v) is 9.40. The van der Waals surface area contributed by atoms with E-state index >= 15 is 0 Å². The Morgan fingerprint density at radius 1 is 1.00 bits per heavy atom. The van der Waals surface area contributed by atoms with Crippen molar-refractivity contribution in [1.29, 1.82) is 0 Å². The number of fused-ring (bicyclic) bond motifs is 2. The lowest BCUT2D eigenvalue weighted by Gasteiger charge is -2.37. The molecular formula is C21H24N4O. The Balaban J connectivity index is 1.28. The largest absolute Gasteiger partial charge is 0.374 e. The minimum absolute atomic E-state index is 0.310. The maximum atomic E-state index is 6.09. The van der Waals surface area contributed by atoms with Crippen molar-refractivity contribution >= 4 is 5.65 Å². The Morgan fingerprint density at radius 2 is 1.88 bits per heavy atom.